The average molecular weight is 518 g/mol. The highest BCUT2D eigenvalue weighted by molar-refractivity contribution is 7.21. The van der Waals surface area contributed by atoms with Crippen molar-refractivity contribution in [1.82, 2.24) is 15.6 Å². The number of urea groups is 1. The molecule has 0 saturated carbocycles. The summed E-state index contributed by atoms with van der Waals surface area (Å²) in [6.45, 7) is 3.56. The van der Waals surface area contributed by atoms with Gasteiger partial charge in [-0.15, -0.1) is 11.3 Å². The highest BCUT2D eigenvalue weighted by Gasteiger charge is 2.33. The van der Waals surface area contributed by atoms with Crippen LogP contribution in [0.25, 0.3) is 10.2 Å². The standard InChI is InChI=1S/C27H24FN5O3S/c1-15-12-19(36-18-6-2-4-16(28)13-18)7-8-20(15)33-21-9-11-30-26-22(21)23(32-27(33)35)24(37-26)25(34)31-17-5-3-10-29-14-17/h2,4,6-9,11-13,17,29H,3,5,10,14H2,1H3,(H,31,34)(H,32,35). The molecule has 1 saturated heterocycles. The van der Waals surface area contributed by atoms with Gasteiger partial charge in [-0.05, 0) is 68.3 Å². The van der Waals surface area contributed by atoms with Gasteiger partial charge >= 0.3 is 6.03 Å². The number of anilines is 3. The van der Waals surface area contributed by atoms with Crippen LogP contribution in [0.5, 0.6) is 11.5 Å². The zero-order valence-electron chi connectivity index (χ0n) is 20.0. The lowest BCUT2D eigenvalue weighted by molar-refractivity contribution is 0.0935. The van der Waals surface area contributed by atoms with Gasteiger partial charge in [0.2, 0.25) is 0 Å². The van der Waals surface area contributed by atoms with Crippen molar-refractivity contribution in [1.29, 1.82) is 0 Å². The summed E-state index contributed by atoms with van der Waals surface area (Å²) in [5.74, 6) is 0.321. The van der Waals surface area contributed by atoms with E-state index in [9.17, 15) is 14.0 Å². The largest absolute Gasteiger partial charge is 0.457 e. The van der Waals surface area contributed by atoms with Gasteiger partial charge in [0.1, 0.15) is 27.0 Å². The molecule has 188 valence electrons. The molecule has 8 nitrogen and oxygen atoms in total. The average Bonchev–Trinajstić information content (AvgIpc) is 3.25. The first kappa shape index (κ1) is 23.4. The number of hydrogen-bond donors (Lipinski definition) is 3. The lowest BCUT2D eigenvalue weighted by Crippen LogP contribution is -2.45. The van der Waals surface area contributed by atoms with Crippen LogP contribution in [0.3, 0.4) is 0 Å². The van der Waals surface area contributed by atoms with Crippen LogP contribution in [-0.2, 0) is 0 Å². The predicted octanol–water partition coefficient (Wildman–Crippen LogP) is 5.70. The van der Waals surface area contributed by atoms with E-state index in [2.05, 4.69) is 20.9 Å². The number of piperidine rings is 1. The van der Waals surface area contributed by atoms with Crippen LogP contribution in [0.1, 0.15) is 28.1 Å². The van der Waals surface area contributed by atoms with Crippen molar-refractivity contribution < 1.29 is 18.7 Å². The summed E-state index contributed by atoms with van der Waals surface area (Å²) in [4.78, 5) is 33.7. The summed E-state index contributed by atoms with van der Waals surface area (Å²) in [6.07, 6.45) is 3.57. The van der Waals surface area contributed by atoms with E-state index in [1.165, 1.54) is 23.5 Å². The van der Waals surface area contributed by atoms with E-state index in [4.69, 9.17) is 4.74 Å². The molecule has 1 fully saturated rings. The van der Waals surface area contributed by atoms with Crippen LogP contribution in [0, 0.1) is 12.7 Å². The molecule has 0 radical (unpaired) electrons. The third-order valence-corrected chi connectivity index (χ3v) is 7.62. The lowest BCUT2D eigenvalue weighted by atomic mass is 10.1. The maximum absolute atomic E-state index is 13.5. The number of benzene rings is 2. The minimum atomic E-state index is -0.382. The topological polar surface area (TPSA) is 95.6 Å². The van der Waals surface area contributed by atoms with Crippen molar-refractivity contribution >= 4 is 50.6 Å². The zero-order chi connectivity index (χ0) is 25.5. The van der Waals surface area contributed by atoms with Gasteiger partial charge in [-0.1, -0.05) is 6.07 Å². The fraction of sp³-hybridized carbons (Fsp3) is 0.222. The summed E-state index contributed by atoms with van der Waals surface area (Å²) in [5.41, 5.74) is 2.60. The van der Waals surface area contributed by atoms with Gasteiger partial charge in [-0.2, -0.15) is 0 Å². The minimum absolute atomic E-state index is 0.0534. The van der Waals surface area contributed by atoms with Crippen LogP contribution in [0.15, 0.2) is 54.7 Å². The fourth-order valence-corrected chi connectivity index (χ4v) is 5.84. The second-order valence-corrected chi connectivity index (χ2v) is 10.1. The molecule has 4 heterocycles. The Morgan fingerprint density at radius 1 is 1.19 bits per heavy atom. The summed E-state index contributed by atoms with van der Waals surface area (Å²) in [6, 6.07) is 12.7. The van der Waals surface area contributed by atoms with E-state index in [0.717, 1.165) is 36.9 Å². The number of carbonyl (C=O) groups excluding carboxylic acids is 2. The van der Waals surface area contributed by atoms with Gasteiger partial charge in [0, 0.05) is 24.8 Å². The van der Waals surface area contributed by atoms with Gasteiger partial charge in [-0.25, -0.2) is 14.2 Å². The Labute approximate surface area is 216 Å². The molecule has 37 heavy (non-hydrogen) atoms. The first-order valence-corrected chi connectivity index (χ1v) is 12.9. The highest BCUT2D eigenvalue weighted by atomic mass is 32.1. The van der Waals surface area contributed by atoms with Crippen LogP contribution in [-0.4, -0.2) is 36.1 Å². The summed E-state index contributed by atoms with van der Waals surface area (Å²) in [5, 5.41) is 10.1. The van der Waals surface area contributed by atoms with Crippen molar-refractivity contribution in [2.45, 2.75) is 25.8 Å². The molecule has 0 spiro atoms. The van der Waals surface area contributed by atoms with Crippen molar-refractivity contribution in [3.05, 3.63) is 71.0 Å². The van der Waals surface area contributed by atoms with Crippen LogP contribution >= 0.6 is 11.3 Å². The molecular formula is C27H24FN5O3S. The number of hydrogen-bond acceptors (Lipinski definition) is 6. The first-order valence-electron chi connectivity index (χ1n) is 12.1. The smallest absolute Gasteiger partial charge is 0.331 e. The van der Waals surface area contributed by atoms with Gasteiger partial charge < -0.3 is 20.7 Å². The number of pyridine rings is 1. The molecule has 10 heteroatoms. The number of amides is 3. The normalized spacial score (nSPS) is 17.0. The molecule has 2 aromatic heterocycles. The van der Waals surface area contributed by atoms with Gasteiger partial charge in [0.25, 0.3) is 5.91 Å². The Bertz CT molecular complexity index is 1530. The predicted molar refractivity (Wildman–Crippen MR) is 142 cm³/mol. The van der Waals surface area contributed by atoms with Crippen LogP contribution in [0.4, 0.5) is 26.2 Å². The zero-order valence-corrected chi connectivity index (χ0v) is 20.8. The Morgan fingerprint density at radius 3 is 2.84 bits per heavy atom. The number of nitrogens with one attached hydrogen (secondary N) is 3. The van der Waals surface area contributed by atoms with E-state index >= 15 is 0 Å². The molecule has 2 aliphatic heterocycles. The second-order valence-electron chi connectivity index (χ2n) is 9.11. The molecule has 0 aliphatic carbocycles. The molecule has 6 rings (SSSR count). The number of nitrogens with zero attached hydrogens (tertiary/aromatic N) is 2. The van der Waals surface area contributed by atoms with Gasteiger partial charge in [0.15, 0.2) is 0 Å². The minimum Gasteiger partial charge on any atom is -0.457 e. The van der Waals surface area contributed by atoms with Crippen LogP contribution in [0.2, 0.25) is 0 Å². The third-order valence-electron chi connectivity index (χ3n) is 6.53. The van der Waals surface area contributed by atoms with Crippen molar-refractivity contribution in [2.24, 2.45) is 0 Å². The van der Waals surface area contributed by atoms with Crippen molar-refractivity contribution in [3.63, 3.8) is 0 Å². The summed E-state index contributed by atoms with van der Waals surface area (Å²) >= 11 is 1.27. The SMILES string of the molecule is Cc1cc(Oc2cccc(F)c2)ccc1N1C(=O)Nc2c(C(=O)NC3CCCNC3)sc3nccc1c23. The molecule has 2 aliphatic rings. The van der Waals surface area contributed by atoms with Crippen molar-refractivity contribution in [3.8, 4) is 11.5 Å². The molecular weight excluding hydrogens is 493 g/mol. The lowest BCUT2D eigenvalue weighted by Gasteiger charge is -2.30. The number of carbonyl (C=O) groups is 2. The Balaban J connectivity index is 1.33. The third kappa shape index (κ3) is 4.38. The van der Waals surface area contributed by atoms with E-state index in [1.54, 1.807) is 47.5 Å². The molecule has 1 atom stereocenters. The quantitative estimate of drug-likeness (QED) is 0.316. The van der Waals surface area contributed by atoms with Crippen LogP contribution < -0.4 is 25.6 Å². The molecule has 3 N–H and O–H groups in total. The number of aromatic nitrogens is 1. The number of aryl methyl sites for hydroxylation is 1. The van der Waals surface area contributed by atoms with Gasteiger partial charge in [0.05, 0.1) is 22.4 Å². The first-order chi connectivity index (χ1) is 18.0. The van der Waals surface area contributed by atoms with E-state index in [-0.39, 0.29) is 23.8 Å². The Morgan fingerprint density at radius 2 is 2.05 bits per heavy atom. The molecule has 1 unspecified atom stereocenters. The number of thiophene rings is 1. The highest BCUT2D eigenvalue weighted by Crippen LogP contribution is 2.46. The van der Waals surface area contributed by atoms with Crippen molar-refractivity contribution in [2.75, 3.05) is 23.3 Å². The monoisotopic (exact) mass is 517 g/mol. The van der Waals surface area contributed by atoms with E-state index < -0.39 is 0 Å². The molecule has 3 amide bonds. The van der Waals surface area contributed by atoms with E-state index in [1.807, 2.05) is 6.92 Å². The molecule has 0 bridgehead atoms. The number of rotatable bonds is 5. The Kier molecular flexibility index (Phi) is 5.97. The second kappa shape index (κ2) is 9.45. The fourth-order valence-electron chi connectivity index (χ4n) is 4.82. The maximum atomic E-state index is 13.5. The Hall–Kier alpha value is -4.02. The maximum Gasteiger partial charge on any atom is 0.331 e. The summed E-state index contributed by atoms with van der Waals surface area (Å²) < 4.78 is 19.3. The number of ether oxygens (including phenoxy) is 1. The number of halogens is 1. The van der Waals surface area contributed by atoms with Gasteiger partial charge in [-0.3, -0.25) is 9.69 Å². The molecule has 4 aromatic rings. The molecule has 2 aromatic carbocycles. The van der Waals surface area contributed by atoms with E-state index in [0.29, 0.717) is 38.3 Å². The summed E-state index contributed by atoms with van der Waals surface area (Å²) in [7, 11) is 0.